The normalized spacial score (nSPS) is 16.6. The molecule has 92 valence electrons. The van der Waals surface area contributed by atoms with Crippen molar-refractivity contribution in [3.05, 3.63) is 54.6 Å². The van der Waals surface area contributed by atoms with Crippen LogP contribution in [0.1, 0.15) is 0 Å². The van der Waals surface area contributed by atoms with E-state index in [4.69, 9.17) is 0 Å². The lowest BCUT2D eigenvalue weighted by Gasteiger charge is -2.23. The number of nitrogens with zero attached hydrogens (tertiary/aromatic N) is 2. The van der Waals surface area contributed by atoms with Gasteiger partial charge >= 0.3 is 0 Å². The highest BCUT2D eigenvalue weighted by Gasteiger charge is 2.14. The van der Waals surface area contributed by atoms with E-state index in [2.05, 4.69) is 18.2 Å². The molecule has 1 aliphatic carbocycles. The van der Waals surface area contributed by atoms with Crippen LogP contribution in [0.2, 0.25) is 13.1 Å². The minimum Gasteiger partial charge on any atom is -0.298 e. The van der Waals surface area contributed by atoms with Crippen molar-refractivity contribution >= 4 is 26.1 Å². The lowest BCUT2D eigenvalue weighted by molar-refractivity contribution is -0.108. The van der Waals surface area contributed by atoms with E-state index in [9.17, 15) is 4.79 Å². The Morgan fingerprint density at radius 1 is 1.06 bits per heavy atom. The van der Waals surface area contributed by atoms with Crippen molar-refractivity contribution < 1.29 is 4.79 Å². The van der Waals surface area contributed by atoms with Crippen LogP contribution in [0, 0.1) is 0 Å². The minimum absolute atomic E-state index is 0.0342. The first-order valence-electron chi connectivity index (χ1n) is 6.00. The second kappa shape index (κ2) is 5.60. The molecule has 0 amide bonds. The fourth-order valence-electron chi connectivity index (χ4n) is 1.71. The Morgan fingerprint density at radius 3 is 2.33 bits per heavy atom. The molecule has 0 fully saturated rings. The largest absolute Gasteiger partial charge is 0.298 e. The van der Waals surface area contributed by atoms with Gasteiger partial charge in [-0.1, -0.05) is 43.4 Å². The zero-order valence-corrected chi connectivity index (χ0v) is 11.7. The van der Waals surface area contributed by atoms with E-state index in [1.54, 1.807) is 18.2 Å². The van der Waals surface area contributed by atoms with Crippen molar-refractivity contribution in [1.82, 2.24) is 0 Å². The number of ketones is 1. The van der Waals surface area contributed by atoms with Crippen molar-refractivity contribution in [2.75, 3.05) is 4.67 Å². The van der Waals surface area contributed by atoms with E-state index in [0.29, 0.717) is 5.71 Å². The zero-order valence-electron chi connectivity index (χ0n) is 10.6. The number of hydrazone groups is 1. The summed E-state index contributed by atoms with van der Waals surface area (Å²) in [6.45, 7) is 4.37. The summed E-state index contributed by atoms with van der Waals surface area (Å²) in [6.07, 6.45) is 6.88. The number of allylic oxidation sites excluding steroid dienone is 4. The van der Waals surface area contributed by atoms with E-state index in [0.717, 1.165) is 5.69 Å². The van der Waals surface area contributed by atoms with Gasteiger partial charge in [0.15, 0.2) is 8.96 Å². The van der Waals surface area contributed by atoms with Crippen LogP contribution in [-0.4, -0.2) is 20.5 Å². The van der Waals surface area contributed by atoms with E-state index in [-0.39, 0.29) is 5.78 Å². The van der Waals surface area contributed by atoms with E-state index in [1.165, 1.54) is 0 Å². The molecule has 1 aromatic rings. The van der Waals surface area contributed by atoms with Crippen LogP contribution in [0.15, 0.2) is 59.7 Å². The first kappa shape index (κ1) is 12.5. The molecule has 0 atom stereocenters. The maximum Gasteiger partial charge on any atom is 0.205 e. The van der Waals surface area contributed by atoms with Crippen LogP contribution >= 0.6 is 0 Å². The molecule has 1 aromatic carbocycles. The van der Waals surface area contributed by atoms with Gasteiger partial charge in [-0.25, -0.2) is 0 Å². The summed E-state index contributed by atoms with van der Waals surface area (Å²) in [6, 6.07) is 9.98. The van der Waals surface area contributed by atoms with Gasteiger partial charge in [0.25, 0.3) is 0 Å². The number of carbonyl (C=O) groups excluding carboxylic acids is 1. The summed E-state index contributed by atoms with van der Waals surface area (Å²) in [7, 11) is -1.17. The standard InChI is InChI=1S/C14H16N2OSi/c1-18(2)16(12-8-4-3-5-9-12)15-13-10-6-7-11-14(13)17/h3-11,18H,1-2H3. The monoisotopic (exact) mass is 256 g/mol. The number of carbonyl (C=O) groups is 1. The molecule has 0 saturated carbocycles. The second-order valence-electron chi connectivity index (χ2n) is 4.34. The predicted octanol–water partition coefficient (Wildman–Crippen LogP) is 2.53. The van der Waals surface area contributed by atoms with E-state index in [1.807, 2.05) is 41.1 Å². The quantitative estimate of drug-likeness (QED) is 0.473. The van der Waals surface area contributed by atoms with Gasteiger partial charge in [-0.15, -0.1) is 0 Å². The summed E-state index contributed by atoms with van der Waals surface area (Å²) < 4.78 is 2.00. The van der Waals surface area contributed by atoms with Gasteiger partial charge in [-0.05, 0) is 24.3 Å². The molecule has 0 heterocycles. The Balaban J connectivity index is 2.33. The highest BCUT2D eigenvalue weighted by molar-refractivity contribution is 6.61. The van der Waals surface area contributed by atoms with Crippen molar-refractivity contribution in [1.29, 1.82) is 0 Å². The molecular formula is C14H16N2OSi. The van der Waals surface area contributed by atoms with Gasteiger partial charge in [-0.2, -0.15) is 5.10 Å². The molecule has 4 heteroatoms. The molecule has 0 unspecified atom stereocenters. The van der Waals surface area contributed by atoms with Gasteiger partial charge < -0.3 is 0 Å². The molecule has 0 spiro atoms. The minimum atomic E-state index is -1.17. The first-order chi connectivity index (χ1) is 8.68. The van der Waals surface area contributed by atoms with Crippen LogP contribution in [-0.2, 0) is 4.79 Å². The topological polar surface area (TPSA) is 32.7 Å². The van der Waals surface area contributed by atoms with E-state index >= 15 is 0 Å². The first-order valence-corrected chi connectivity index (χ1v) is 8.83. The average molecular weight is 256 g/mol. The predicted molar refractivity (Wildman–Crippen MR) is 78.5 cm³/mol. The fourth-order valence-corrected chi connectivity index (χ4v) is 2.83. The molecule has 0 radical (unpaired) electrons. The molecule has 0 saturated heterocycles. The summed E-state index contributed by atoms with van der Waals surface area (Å²) in [4.78, 5) is 11.7. The lowest BCUT2D eigenvalue weighted by Crippen LogP contribution is -2.31. The highest BCUT2D eigenvalue weighted by atomic mass is 28.3. The number of rotatable bonds is 3. The average Bonchev–Trinajstić information content (AvgIpc) is 2.38. The number of para-hydroxylation sites is 1. The zero-order chi connectivity index (χ0) is 13.0. The van der Waals surface area contributed by atoms with Crippen molar-refractivity contribution in [2.24, 2.45) is 5.10 Å². The Kier molecular flexibility index (Phi) is 3.89. The Labute approximate surface area is 109 Å². The molecule has 18 heavy (non-hydrogen) atoms. The number of hydrogen-bond donors (Lipinski definition) is 0. The summed E-state index contributed by atoms with van der Waals surface area (Å²) in [5.74, 6) is -0.0342. The molecular weight excluding hydrogens is 240 g/mol. The molecule has 3 nitrogen and oxygen atoms in total. The third-order valence-corrected chi connectivity index (χ3v) is 3.98. The maximum absolute atomic E-state index is 11.7. The molecule has 1 aliphatic rings. The van der Waals surface area contributed by atoms with Gasteiger partial charge in [0.05, 0.1) is 0 Å². The Morgan fingerprint density at radius 2 is 1.72 bits per heavy atom. The Hall–Kier alpha value is -1.94. The molecule has 2 rings (SSSR count). The maximum atomic E-state index is 11.7. The Bertz CT molecular complexity index is 518. The van der Waals surface area contributed by atoms with Crippen LogP contribution in [0.5, 0.6) is 0 Å². The SMILES string of the molecule is C[SiH](C)N(N=C1C=CC=CC1=O)c1ccccc1. The van der Waals surface area contributed by atoms with Gasteiger partial charge in [0.1, 0.15) is 5.71 Å². The van der Waals surface area contributed by atoms with Gasteiger partial charge in [0, 0.05) is 5.69 Å². The number of hydrogen-bond acceptors (Lipinski definition) is 3. The van der Waals surface area contributed by atoms with E-state index < -0.39 is 8.96 Å². The number of anilines is 1. The summed E-state index contributed by atoms with van der Waals surface area (Å²) in [5.41, 5.74) is 1.55. The van der Waals surface area contributed by atoms with Crippen molar-refractivity contribution in [2.45, 2.75) is 13.1 Å². The third kappa shape index (κ3) is 2.84. The summed E-state index contributed by atoms with van der Waals surface area (Å²) >= 11 is 0. The number of benzene rings is 1. The van der Waals surface area contributed by atoms with Crippen molar-refractivity contribution in [3.8, 4) is 0 Å². The third-order valence-electron chi connectivity index (χ3n) is 2.59. The van der Waals surface area contributed by atoms with Crippen LogP contribution < -0.4 is 4.67 Å². The molecule has 0 bridgehead atoms. The molecule has 0 aliphatic heterocycles. The molecule has 0 aromatic heterocycles. The summed E-state index contributed by atoms with van der Waals surface area (Å²) in [5, 5.41) is 4.51. The lowest BCUT2D eigenvalue weighted by atomic mass is 10.1. The molecule has 0 N–H and O–H groups in total. The highest BCUT2D eigenvalue weighted by Crippen LogP contribution is 2.16. The van der Waals surface area contributed by atoms with Crippen LogP contribution in [0.25, 0.3) is 0 Å². The van der Waals surface area contributed by atoms with Gasteiger partial charge in [0.2, 0.25) is 5.78 Å². The van der Waals surface area contributed by atoms with Crippen LogP contribution in [0.3, 0.4) is 0 Å². The fraction of sp³-hybridized carbons (Fsp3) is 0.143. The van der Waals surface area contributed by atoms with Crippen molar-refractivity contribution in [3.63, 3.8) is 0 Å². The second-order valence-corrected chi connectivity index (χ2v) is 7.02. The smallest absolute Gasteiger partial charge is 0.205 e. The van der Waals surface area contributed by atoms with Gasteiger partial charge in [-0.3, -0.25) is 9.47 Å². The van der Waals surface area contributed by atoms with Crippen LogP contribution in [0.4, 0.5) is 5.69 Å².